The molecule has 0 radical (unpaired) electrons. The van der Waals surface area contributed by atoms with E-state index in [0.29, 0.717) is 24.6 Å². The summed E-state index contributed by atoms with van der Waals surface area (Å²) in [5, 5.41) is 12.1. The van der Waals surface area contributed by atoms with Gasteiger partial charge in [-0.15, -0.1) is 0 Å². The molecule has 3 heteroatoms. The SMILES string of the molecule is CCOC1CC(NC(CC)CC#N)C1. The topological polar surface area (TPSA) is 45.0 Å². The number of hydrogen-bond donors (Lipinski definition) is 1. The van der Waals surface area contributed by atoms with Gasteiger partial charge in [-0.05, 0) is 26.2 Å². The van der Waals surface area contributed by atoms with Gasteiger partial charge in [0.05, 0.1) is 18.6 Å². The number of ether oxygens (including phenoxy) is 1. The van der Waals surface area contributed by atoms with Crippen molar-refractivity contribution in [2.45, 2.75) is 57.7 Å². The monoisotopic (exact) mass is 196 g/mol. The summed E-state index contributed by atoms with van der Waals surface area (Å²) < 4.78 is 5.48. The van der Waals surface area contributed by atoms with Crippen LogP contribution < -0.4 is 5.32 Å². The second-order valence-electron chi connectivity index (χ2n) is 3.88. The van der Waals surface area contributed by atoms with Crippen LogP contribution in [0.5, 0.6) is 0 Å². The van der Waals surface area contributed by atoms with Crippen molar-refractivity contribution in [3.05, 3.63) is 0 Å². The minimum atomic E-state index is 0.368. The molecule has 1 N–H and O–H groups in total. The van der Waals surface area contributed by atoms with E-state index < -0.39 is 0 Å². The summed E-state index contributed by atoms with van der Waals surface area (Å²) >= 11 is 0. The Morgan fingerprint density at radius 2 is 2.21 bits per heavy atom. The molecule has 1 atom stereocenters. The lowest BCUT2D eigenvalue weighted by atomic mass is 9.88. The van der Waals surface area contributed by atoms with E-state index in [1.165, 1.54) is 0 Å². The van der Waals surface area contributed by atoms with Crippen LogP contribution in [-0.4, -0.2) is 24.8 Å². The first kappa shape index (κ1) is 11.5. The van der Waals surface area contributed by atoms with Crippen LogP contribution in [0.1, 0.15) is 39.5 Å². The van der Waals surface area contributed by atoms with E-state index in [1.54, 1.807) is 0 Å². The fourth-order valence-corrected chi connectivity index (χ4v) is 1.84. The van der Waals surface area contributed by atoms with E-state index >= 15 is 0 Å². The highest BCUT2D eigenvalue weighted by molar-refractivity contribution is 4.90. The van der Waals surface area contributed by atoms with Crippen LogP contribution in [-0.2, 0) is 4.74 Å². The summed E-state index contributed by atoms with van der Waals surface area (Å²) in [5.41, 5.74) is 0. The molecule has 0 amide bonds. The van der Waals surface area contributed by atoms with Crippen LogP contribution in [0.3, 0.4) is 0 Å². The lowest BCUT2D eigenvalue weighted by Crippen LogP contribution is -2.49. The Bertz CT molecular complexity index is 194. The quantitative estimate of drug-likeness (QED) is 0.705. The Labute approximate surface area is 86.4 Å². The van der Waals surface area contributed by atoms with Gasteiger partial charge in [0, 0.05) is 18.7 Å². The summed E-state index contributed by atoms with van der Waals surface area (Å²) in [7, 11) is 0. The molecule has 1 aliphatic carbocycles. The Hall–Kier alpha value is -0.590. The maximum atomic E-state index is 8.59. The van der Waals surface area contributed by atoms with Crippen LogP contribution in [0.25, 0.3) is 0 Å². The van der Waals surface area contributed by atoms with Crippen LogP contribution in [0.15, 0.2) is 0 Å². The van der Waals surface area contributed by atoms with Gasteiger partial charge in [-0.2, -0.15) is 5.26 Å². The average Bonchev–Trinajstić information content (AvgIpc) is 2.13. The highest BCUT2D eigenvalue weighted by atomic mass is 16.5. The van der Waals surface area contributed by atoms with Gasteiger partial charge in [-0.25, -0.2) is 0 Å². The third kappa shape index (κ3) is 3.28. The van der Waals surface area contributed by atoms with Crippen molar-refractivity contribution in [3.8, 4) is 6.07 Å². The normalized spacial score (nSPS) is 27.8. The molecule has 14 heavy (non-hydrogen) atoms. The Morgan fingerprint density at radius 3 is 2.71 bits per heavy atom. The molecule has 0 bridgehead atoms. The third-order valence-corrected chi connectivity index (χ3v) is 2.80. The molecular formula is C11H20N2O. The van der Waals surface area contributed by atoms with E-state index in [-0.39, 0.29) is 0 Å². The molecule has 1 rings (SSSR count). The van der Waals surface area contributed by atoms with E-state index in [2.05, 4.69) is 18.3 Å². The molecule has 1 fully saturated rings. The maximum Gasteiger partial charge on any atom is 0.0638 e. The maximum absolute atomic E-state index is 8.59. The molecule has 0 saturated heterocycles. The predicted molar refractivity (Wildman–Crippen MR) is 55.9 cm³/mol. The second kappa shape index (κ2) is 6.00. The average molecular weight is 196 g/mol. The molecular weight excluding hydrogens is 176 g/mol. The molecule has 0 aromatic heterocycles. The van der Waals surface area contributed by atoms with Crippen LogP contribution >= 0.6 is 0 Å². The first-order valence-electron chi connectivity index (χ1n) is 5.54. The molecule has 1 aliphatic rings. The van der Waals surface area contributed by atoms with Gasteiger partial charge >= 0.3 is 0 Å². The molecule has 0 heterocycles. The fourth-order valence-electron chi connectivity index (χ4n) is 1.84. The minimum absolute atomic E-state index is 0.368. The summed E-state index contributed by atoms with van der Waals surface area (Å²) in [6.45, 7) is 4.96. The Morgan fingerprint density at radius 1 is 1.50 bits per heavy atom. The van der Waals surface area contributed by atoms with Gasteiger partial charge in [0.1, 0.15) is 0 Å². The summed E-state index contributed by atoms with van der Waals surface area (Å²) in [6, 6.07) is 3.16. The van der Waals surface area contributed by atoms with Gasteiger partial charge in [-0.1, -0.05) is 6.92 Å². The molecule has 0 aromatic carbocycles. The zero-order chi connectivity index (χ0) is 10.4. The summed E-state index contributed by atoms with van der Waals surface area (Å²) in [5.74, 6) is 0. The third-order valence-electron chi connectivity index (χ3n) is 2.80. The Balaban J connectivity index is 2.11. The number of rotatable bonds is 6. The predicted octanol–water partition coefficient (Wildman–Crippen LogP) is 1.84. The highest BCUT2D eigenvalue weighted by Gasteiger charge is 2.30. The first-order chi connectivity index (χ1) is 6.80. The first-order valence-corrected chi connectivity index (χ1v) is 5.54. The van der Waals surface area contributed by atoms with Gasteiger partial charge < -0.3 is 10.1 Å². The van der Waals surface area contributed by atoms with Crippen molar-refractivity contribution in [3.63, 3.8) is 0 Å². The summed E-state index contributed by atoms with van der Waals surface area (Å²) in [4.78, 5) is 0. The van der Waals surface area contributed by atoms with Crippen molar-refractivity contribution in [1.29, 1.82) is 5.26 Å². The number of nitrogens with zero attached hydrogens (tertiary/aromatic N) is 1. The van der Waals surface area contributed by atoms with Crippen molar-refractivity contribution >= 4 is 0 Å². The highest BCUT2D eigenvalue weighted by Crippen LogP contribution is 2.24. The molecule has 0 aliphatic heterocycles. The van der Waals surface area contributed by atoms with Crippen molar-refractivity contribution < 1.29 is 4.74 Å². The van der Waals surface area contributed by atoms with Crippen molar-refractivity contribution in [2.24, 2.45) is 0 Å². The number of nitriles is 1. The number of hydrogen-bond acceptors (Lipinski definition) is 3. The van der Waals surface area contributed by atoms with E-state index in [1.807, 2.05) is 6.92 Å². The van der Waals surface area contributed by atoms with Crippen molar-refractivity contribution in [2.75, 3.05) is 6.61 Å². The zero-order valence-electron chi connectivity index (χ0n) is 9.12. The molecule has 0 aromatic rings. The zero-order valence-corrected chi connectivity index (χ0v) is 9.12. The lowest BCUT2D eigenvalue weighted by molar-refractivity contribution is -0.0123. The minimum Gasteiger partial charge on any atom is -0.378 e. The summed E-state index contributed by atoms with van der Waals surface area (Å²) in [6.07, 6.45) is 4.32. The van der Waals surface area contributed by atoms with Crippen LogP contribution in [0.4, 0.5) is 0 Å². The largest absolute Gasteiger partial charge is 0.378 e. The van der Waals surface area contributed by atoms with E-state index in [0.717, 1.165) is 25.9 Å². The molecule has 0 spiro atoms. The van der Waals surface area contributed by atoms with E-state index in [9.17, 15) is 0 Å². The number of nitrogens with one attached hydrogen (secondary N) is 1. The molecule has 1 unspecified atom stereocenters. The van der Waals surface area contributed by atoms with Gasteiger partial charge in [0.15, 0.2) is 0 Å². The fraction of sp³-hybridized carbons (Fsp3) is 0.909. The van der Waals surface area contributed by atoms with E-state index in [4.69, 9.17) is 10.00 Å². The van der Waals surface area contributed by atoms with Gasteiger partial charge in [0.2, 0.25) is 0 Å². The molecule has 3 nitrogen and oxygen atoms in total. The Kier molecular flexibility index (Phi) is 4.92. The van der Waals surface area contributed by atoms with Crippen molar-refractivity contribution in [1.82, 2.24) is 5.32 Å². The van der Waals surface area contributed by atoms with Gasteiger partial charge in [0.25, 0.3) is 0 Å². The smallest absolute Gasteiger partial charge is 0.0638 e. The van der Waals surface area contributed by atoms with Crippen LogP contribution in [0.2, 0.25) is 0 Å². The van der Waals surface area contributed by atoms with Crippen LogP contribution in [0, 0.1) is 11.3 Å². The molecule has 80 valence electrons. The standard InChI is InChI=1S/C11H20N2O/c1-3-9(5-6-12)13-10-7-11(8-10)14-4-2/h9-11,13H,3-5,7-8H2,1-2H3. The lowest BCUT2D eigenvalue weighted by Gasteiger charge is -2.37. The molecule has 1 saturated carbocycles. The van der Waals surface area contributed by atoms with Gasteiger partial charge in [-0.3, -0.25) is 0 Å². The second-order valence-corrected chi connectivity index (χ2v) is 3.88.